The van der Waals surface area contributed by atoms with Gasteiger partial charge in [0, 0.05) is 6.04 Å². The van der Waals surface area contributed by atoms with Gasteiger partial charge in [-0.2, -0.15) is 0 Å². The Bertz CT molecular complexity index is 147. The quantitative estimate of drug-likeness (QED) is 0.618. The molecule has 1 nitrogen and oxygen atoms in total. The fraction of sp³-hybridized carbons (Fsp3) is 1.00. The fourth-order valence-corrected chi connectivity index (χ4v) is 3.34. The third-order valence-electron chi connectivity index (χ3n) is 4.13. The van der Waals surface area contributed by atoms with Crippen LogP contribution in [-0.4, -0.2) is 6.04 Å². The highest BCUT2D eigenvalue weighted by molar-refractivity contribution is 4.85. The molecule has 0 aliphatic heterocycles. The van der Waals surface area contributed by atoms with Crippen molar-refractivity contribution in [1.29, 1.82) is 0 Å². The molecule has 0 saturated heterocycles. The van der Waals surface area contributed by atoms with Gasteiger partial charge in [-0.25, -0.2) is 0 Å². The summed E-state index contributed by atoms with van der Waals surface area (Å²) in [6.07, 6.45) is 12.9. The monoisotopic (exact) mass is 181 g/mol. The maximum atomic E-state index is 6.16. The summed E-state index contributed by atoms with van der Waals surface area (Å²) in [5.74, 6) is 1.87. The van der Waals surface area contributed by atoms with Crippen LogP contribution in [0.25, 0.3) is 0 Å². The van der Waals surface area contributed by atoms with Crippen LogP contribution in [-0.2, 0) is 0 Å². The van der Waals surface area contributed by atoms with Crippen LogP contribution in [0.3, 0.4) is 0 Å². The lowest BCUT2D eigenvalue weighted by Crippen LogP contribution is -2.30. The lowest BCUT2D eigenvalue weighted by molar-refractivity contribution is 0.279. The Labute approximate surface area is 82.1 Å². The minimum absolute atomic E-state index is 0.545. The van der Waals surface area contributed by atoms with Gasteiger partial charge < -0.3 is 5.73 Å². The van der Waals surface area contributed by atoms with Gasteiger partial charge >= 0.3 is 0 Å². The second kappa shape index (κ2) is 4.45. The average Bonchev–Trinajstić information content (AvgIpc) is 2.43. The average molecular weight is 181 g/mol. The first-order chi connectivity index (χ1) is 6.38. The highest BCUT2D eigenvalue weighted by atomic mass is 14.7. The molecule has 0 aromatic rings. The molecule has 0 heterocycles. The number of rotatable bonds is 1. The van der Waals surface area contributed by atoms with Crippen molar-refractivity contribution in [1.82, 2.24) is 0 Å². The summed E-state index contributed by atoms with van der Waals surface area (Å²) in [5.41, 5.74) is 6.16. The predicted octanol–water partition coefficient (Wildman–Crippen LogP) is 3.08. The zero-order valence-corrected chi connectivity index (χ0v) is 8.67. The minimum Gasteiger partial charge on any atom is -0.327 e. The van der Waals surface area contributed by atoms with Gasteiger partial charge in [0.05, 0.1) is 0 Å². The molecule has 2 N–H and O–H groups in total. The van der Waals surface area contributed by atoms with Crippen molar-refractivity contribution in [3.63, 3.8) is 0 Å². The van der Waals surface area contributed by atoms with E-state index in [1.165, 1.54) is 57.8 Å². The minimum atomic E-state index is 0.545. The summed E-state index contributed by atoms with van der Waals surface area (Å²) < 4.78 is 0. The van der Waals surface area contributed by atoms with Gasteiger partial charge in [-0.05, 0) is 24.7 Å². The van der Waals surface area contributed by atoms with E-state index in [4.69, 9.17) is 5.73 Å². The van der Waals surface area contributed by atoms with Crippen LogP contribution in [0.4, 0.5) is 0 Å². The Balaban J connectivity index is 1.89. The van der Waals surface area contributed by atoms with Gasteiger partial charge in [-0.1, -0.05) is 44.9 Å². The van der Waals surface area contributed by atoms with Crippen molar-refractivity contribution in [2.24, 2.45) is 17.6 Å². The van der Waals surface area contributed by atoms with Crippen LogP contribution in [0.5, 0.6) is 0 Å². The smallest absolute Gasteiger partial charge is 0.00698 e. The molecule has 0 spiro atoms. The van der Waals surface area contributed by atoms with E-state index in [0.29, 0.717) is 6.04 Å². The lowest BCUT2D eigenvalue weighted by atomic mass is 9.83. The summed E-state index contributed by atoms with van der Waals surface area (Å²) in [5, 5.41) is 0. The summed E-state index contributed by atoms with van der Waals surface area (Å²) >= 11 is 0. The third kappa shape index (κ3) is 2.25. The van der Waals surface area contributed by atoms with Crippen LogP contribution >= 0.6 is 0 Å². The SMILES string of the molecule is NC1CCCC1C1CCCCCC1. The second-order valence-electron chi connectivity index (χ2n) is 5.01. The molecule has 2 unspecified atom stereocenters. The second-order valence-corrected chi connectivity index (χ2v) is 5.01. The molecule has 0 amide bonds. The molecule has 0 bridgehead atoms. The van der Waals surface area contributed by atoms with E-state index in [2.05, 4.69) is 0 Å². The standard InChI is InChI=1S/C12H23N/c13-12-9-5-8-11(12)10-6-3-1-2-4-7-10/h10-12H,1-9,13H2. The fourth-order valence-electron chi connectivity index (χ4n) is 3.34. The molecule has 13 heavy (non-hydrogen) atoms. The van der Waals surface area contributed by atoms with E-state index in [1.807, 2.05) is 0 Å². The first kappa shape index (κ1) is 9.51. The van der Waals surface area contributed by atoms with E-state index in [1.54, 1.807) is 0 Å². The molecule has 0 aromatic carbocycles. The Hall–Kier alpha value is -0.0400. The van der Waals surface area contributed by atoms with E-state index in [9.17, 15) is 0 Å². The third-order valence-corrected chi connectivity index (χ3v) is 4.13. The highest BCUT2D eigenvalue weighted by Gasteiger charge is 2.31. The zero-order valence-electron chi connectivity index (χ0n) is 8.67. The van der Waals surface area contributed by atoms with Crippen molar-refractivity contribution >= 4 is 0 Å². The Morgan fingerprint density at radius 3 is 1.92 bits per heavy atom. The highest BCUT2D eigenvalue weighted by Crippen LogP contribution is 2.37. The Morgan fingerprint density at radius 1 is 0.692 bits per heavy atom. The van der Waals surface area contributed by atoms with E-state index < -0.39 is 0 Å². The molecule has 2 rings (SSSR count). The molecule has 76 valence electrons. The van der Waals surface area contributed by atoms with Crippen LogP contribution in [0.1, 0.15) is 57.8 Å². The molecular weight excluding hydrogens is 158 g/mol. The molecule has 2 aliphatic rings. The zero-order chi connectivity index (χ0) is 9.10. The summed E-state index contributed by atoms with van der Waals surface area (Å²) in [6, 6.07) is 0.545. The molecule has 2 saturated carbocycles. The normalized spacial score (nSPS) is 37.6. The van der Waals surface area contributed by atoms with Gasteiger partial charge in [-0.15, -0.1) is 0 Å². The number of hydrogen-bond donors (Lipinski definition) is 1. The van der Waals surface area contributed by atoms with Crippen molar-refractivity contribution in [2.75, 3.05) is 0 Å². The predicted molar refractivity (Wildman–Crippen MR) is 56.5 cm³/mol. The molecule has 2 atom stereocenters. The molecule has 2 aliphatic carbocycles. The van der Waals surface area contributed by atoms with Gasteiger partial charge in [0.1, 0.15) is 0 Å². The van der Waals surface area contributed by atoms with E-state index in [-0.39, 0.29) is 0 Å². The Morgan fingerprint density at radius 2 is 1.38 bits per heavy atom. The van der Waals surface area contributed by atoms with Crippen molar-refractivity contribution in [2.45, 2.75) is 63.8 Å². The summed E-state index contributed by atoms with van der Waals surface area (Å²) in [7, 11) is 0. The van der Waals surface area contributed by atoms with Crippen molar-refractivity contribution in [3.05, 3.63) is 0 Å². The van der Waals surface area contributed by atoms with E-state index >= 15 is 0 Å². The van der Waals surface area contributed by atoms with Gasteiger partial charge in [0.25, 0.3) is 0 Å². The maximum absolute atomic E-state index is 6.16. The maximum Gasteiger partial charge on any atom is 0.00698 e. The molecule has 0 aromatic heterocycles. The molecule has 2 fully saturated rings. The Kier molecular flexibility index (Phi) is 3.26. The molecule has 1 heteroatoms. The summed E-state index contributed by atoms with van der Waals surface area (Å²) in [4.78, 5) is 0. The van der Waals surface area contributed by atoms with E-state index in [0.717, 1.165) is 11.8 Å². The van der Waals surface area contributed by atoms with Crippen LogP contribution < -0.4 is 5.73 Å². The largest absolute Gasteiger partial charge is 0.327 e. The topological polar surface area (TPSA) is 26.0 Å². The first-order valence-electron chi connectivity index (χ1n) is 6.13. The van der Waals surface area contributed by atoms with Crippen molar-refractivity contribution < 1.29 is 0 Å². The van der Waals surface area contributed by atoms with Crippen LogP contribution in [0, 0.1) is 11.8 Å². The number of hydrogen-bond acceptors (Lipinski definition) is 1. The van der Waals surface area contributed by atoms with Crippen LogP contribution in [0.2, 0.25) is 0 Å². The molecular formula is C12H23N. The van der Waals surface area contributed by atoms with Gasteiger partial charge in [0.2, 0.25) is 0 Å². The number of nitrogens with two attached hydrogens (primary N) is 1. The lowest BCUT2D eigenvalue weighted by Gasteiger charge is -2.25. The molecule has 0 radical (unpaired) electrons. The van der Waals surface area contributed by atoms with Gasteiger partial charge in [-0.3, -0.25) is 0 Å². The first-order valence-corrected chi connectivity index (χ1v) is 6.13. The van der Waals surface area contributed by atoms with Crippen LogP contribution in [0.15, 0.2) is 0 Å². The summed E-state index contributed by atoms with van der Waals surface area (Å²) in [6.45, 7) is 0. The van der Waals surface area contributed by atoms with Crippen molar-refractivity contribution in [3.8, 4) is 0 Å². The van der Waals surface area contributed by atoms with Gasteiger partial charge in [0.15, 0.2) is 0 Å².